The topological polar surface area (TPSA) is 170 Å². The molecule has 2 heterocycles. The van der Waals surface area contributed by atoms with Crippen LogP contribution in [0.5, 0.6) is 17.2 Å². The standard InChI is InChI=1S/C21H20O10/c22-8-16-18(26)19(27)20(28)21(31-16)29-11-5-12(24)17-13(25)7-14(30-15(17)6-11)9-1-3-10(23)4-2-9/h1-7,16,18-24,26-28H,8H2/t16-,18-,19-,20-,21+/m1/s1. The van der Waals surface area contributed by atoms with Gasteiger partial charge < -0.3 is 44.5 Å². The van der Waals surface area contributed by atoms with Crippen molar-refractivity contribution in [3.63, 3.8) is 0 Å². The second-order valence-electron chi connectivity index (χ2n) is 7.15. The molecule has 31 heavy (non-hydrogen) atoms. The largest absolute Gasteiger partial charge is 0.508 e. The molecule has 3 aromatic rings. The molecule has 6 N–H and O–H groups in total. The fourth-order valence-electron chi connectivity index (χ4n) is 3.38. The van der Waals surface area contributed by atoms with E-state index in [1.165, 1.54) is 24.3 Å². The summed E-state index contributed by atoms with van der Waals surface area (Å²) < 4.78 is 16.5. The Kier molecular flexibility index (Phi) is 5.56. The summed E-state index contributed by atoms with van der Waals surface area (Å²) in [5.74, 6) is -0.273. The van der Waals surface area contributed by atoms with Crippen LogP contribution in [0.2, 0.25) is 0 Å². The van der Waals surface area contributed by atoms with Gasteiger partial charge in [0.1, 0.15) is 58.4 Å². The first-order valence-electron chi connectivity index (χ1n) is 9.36. The Morgan fingerprint density at radius 1 is 0.935 bits per heavy atom. The van der Waals surface area contributed by atoms with Gasteiger partial charge in [0.05, 0.1) is 6.61 Å². The van der Waals surface area contributed by atoms with Crippen LogP contribution >= 0.6 is 0 Å². The molecule has 0 amide bonds. The Morgan fingerprint density at radius 3 is 2.32 bits per heavy atom. The number of phenols is 2. The van der Waals surface area contributed by atoms with E-state index in [9.17, 15) is 35.4 Å². The highest BCUT2D eigenvalue weighted by molar-refractivity contribution is 5.86. The van der Waals surface area contributed by atoms with Gasteiger partial charge in [-0.15, -0.1) is 0 Å². The van der Waals surface area contributed by atoms with Crippen LogP contribution in [0.25, 0.3) is 22.3 Å². The van der Waals surface area contributed by atoms with Crippen LogP contribution < -0.4 is 10.2 Å². The lowest BCUT2D eigenvalue weighted by atomic mass is 9.99. The summed E-state index contributed by atoms with van der Waals surface area (Å²) in [6.07, 6.45) is -7.47. The minimum absolute atomic E-state index is 0.0184. The van der Waals surface area contributed by atoms with E-state index in [2.05, 4.69) is 0 Å². The zero-order valence-corrected chi connectivity index (χ0v) is 16.0. The molecule has 5 atom stereocenters. The van der Waals surface area contributed by atoms with E-state index in [4.69, 9.17) is 13.9 Å². The molecule has 1 saturated heterocycles. The van der Waals surface area contributed by atoms with Crippen molar-refractivity contribution in [2.24, 2.45) is 0 Å². The summed E-state index contributed by atoms with van der Waals surface area (Å²) in [7, 11) is 0. The van der Waals surface area contributed by atoms with Gasteiger partial charge in [0.15, 0.2) is 5.43 Å². The second kappa shape index (κ2) is 8.17. The molecule has 1 fully saturated rings. The number of aromatic hydroxyl groups is 2. The van der Waals surface area contributed by atoms with Crippen LogP contribution in [0.1, 0.15) is 0 Å². The molecule has 1 aliphatic heterocycles. The van der Waals surface area contributed by atoms with Crippen molar-refractivity contribution in [1.29, 1.82) is 0 Å². The van der Waals surface area contributed by atoms with E-state index >= 15 is 0 Å². The summed E-state index contributed by atoms with van der Waals surface area (Å²) in [6, 6.07) is 9.56. The molecule has 2 aromatic carbocycles. The van der Waals surface area contributed by atoms with E-state index in [1.54, 1.807) is 12.1 Å². The summed E-state index contributed by atoms with van der Waals surface area (Å²) in [4.78, 5) is 12.5. The maximum atomic E-state index is 12.5. The smallest absolute Gasteiger partial charge is 0.229 e. The van der Waals surface area contributed by atoms with Crippen LogP contribution in [0.3, 0.4) is 0 Å². The number of phenolic OH excluding ortho intramolecular Hbond substituents is 2. The number of benzene rings is 2. The molecular formula is C21H20O10. The molecule has 0 bridgehead atoms. The molecule has 1 aromatic heterocycles. The van der Waals surface area contributed by atoms with Crippen molar-refractivity contribution in [1.82, 2.24) is 0 Å². The second-order valence-corrected chi connectivity index (χ2v) is 7.15. The highest BCUT2D eigenvalue weighted by Crippen LogP contribution is 2.33. The highest BCUT2D eigenvalue weighted by Gasteiger charge is 2.44. The predicted molar refractivity (Wildman–Crippen MR) is 106 cm³/mol. The molecule has 164 valence electrons. The van der Waals surface area contributed by atoms with Crippen LogP contribution in [0.4, 0.5) is 0 Å². The number of aliphatic hydroxyl groups is 4. The first-order chi connectivity index (χ1) is 14.8. The zero-order chi connectivity index (χ0) is 22.3. The third kappa shape index (κ3) is 3.94. The van der Waals surface area contributed by atoms with Crippen molar-refractivity contribution in [3.05, 3.63) is 52.7 Å². The number of hydrogen-bond donors (Lipinski definition) is 6. The fraction of sp³-hybridized carbons (Fsp3) is 0.286. The Bertz CT molecular complexity index is 1140. The summed E-state index contributed by atoms with van der Waals surface area (Å²) in [6.45, 7) is -0.626. The Morgan fingerprint density at radius 2 is 1.65 bits per heavy atom. The molecule has 0 saturated carbocycles. The van der Waals surface area contributed by atoms with Crippen molar-refractivity contribution in [2.45, 2.75) is 30.7 Å². The van der Waals surface area contributed by atoms with Crippen LogP contribution in [-0.2, 0) is 4.74 Å². The summed E-state index contributed by atoms with van der Waals surface area (Å²) in [5.41, 5.74) is -0.0204. The number of rotatable bonds is 4. The molecule has 0 radical (unpaired) electrons. The van der Waals surface area contributed by atoms with Crippen LogP contribution in [0, 0.1) is 0 Å². The van der Waals surface area contributed by atoms with E-state index in [0.29, 0.717) is 5.56 Å². The average molecular weight is 432 g/mol. The van der Waals surface area contributed by atoms with Gasteiger partial charge in [-0.05, 0) is 24.3 Å². The van der Waals surface area contributed by atoms with Gasteiger partial charge in [0, 0.05) is 23.8 Å². The van der Waals surface area contributed by atoms with Crippen molar-refractivity contribution in [3.8, 4) is 28.6 Å². The lowest BCUT2D eigenvalue weighted by Gasteiger charge is -2.39. The Balaban J connectivity index is 1.71. The molecular weight excluding hydrogens is 412 g/mol. The van der Waals surface area contributed by atoms with Crippen molar-refractivity contribution >= 4 is 11.0 Å². The molecule has 4 rings (SSSR count). The maximum Gasteiger partial charge on any atom is 0.229 e. The van der Waals surface area contributed by atoms with Crippen LogP contribution in [-0.4, -0.2) is 68.0 Å². The Labute approximate surface area is 174 Å². The maximum absolute atomic E-state index is 12.5. The molecule has 10 nitrogen and oxygen atoms in total. The lowest BCUT2D eigenvalue weighted by molar-refractivity contribution is -0.277. The van der Waals surface area contributed by atoms with Gasteiger partial charge in [-0.2, -0.15) is 0 Å². The summed E-state index contributed by atoms with van der Waals surface area (Å²) >= 11 is 0. The Hall–Kier alpha value is -3.15. The van der Waals surface area contributed by atoms with E-state index in [0.717, 1.165) is 6.07 Å². The number of aliphatic hydroxyl groups excluding tert-OH is 4. The third-order valence-corrected chi connectivity index (χ3v) is 5.04. The number of hydrogen-bond acceptors (Lipinski definition) is 10. The third-order valence-electron chi connectivity index (χ3n) is 5.04. The normalized spacial score (nSPS) is 26.1. The quantitative estimate of drug-likeness (QED) is 0.331. The molecule has 1 aliphatic rings. The van der Waals surface area contributed by atoms with E-state index in [1.807, 2.05) is 0 Å². The van der Waals surface area contributed by atoms with Gasteiger partial charge >= 0.3 is 0 Å². The SMILES string of the molecule is O=c1cc(-c2ccc(O)cc2)oc2cc(O[C@H]3O[C@H](CO)[C@@H](O)[C@@H](O)[C@H]3O)cc(O)c12. The molecule has 0 unspecified atom stereocenters. The minimum Gasteiger partial charge on any atom is -0.508 e. The highest BCUT2D eigenvalue weighted by atomic mass is 16.7. The van der Waals surface area contributed by atoms with Crippen molar-refractivity contribution < 1.29 is 44.5 Å². The van der Waals surface area contributed by atoms with Gasteiger partial charge in [-0.1, -0.05) is 0 Å². The summed E-state index contributed by atoms with van der Waals surface area (Å²) in [5, 5.41) is 58.8. The molecule has 0 aliphatic carbocycles. The van der Waals surface area contributed by atoms with Crippen molar-refractivity contribution in [2.75, 3.05) is 6.61 Å². The van der Waals surface area contributed by atoms with Gasteiger partial charge in [-0.25, -0.2) is 0 Å². The molecule has 0 spiro atoms. The van der Waals surface area contributed by atoms with Gasteiger partial charge in [0.25, 0.3) is 0 Å². The van der Waals surface area contributed by atoms with E-state index in [-0.39, 0.29) is 28.2 Å². The number of fused-ring (bicyclic) bond motifs is 1. The first-order valence-corrected chi connectivity index (χ1v) is 9.36. The van der Waals surface area contributed by atoms with Crippen LogP contribution in [0.15, 0.2) is 51.7 Å². The fourth-order valence-corrected chi connectivity index (χ4v) is 3.38. The van der Waals surface area contributed by atoms with Gasteiger partial charge in [0.2, 0.25) is 6.29 Å². The van der Waals surface area contributed by atoms with Gasteiger partial charge in [-0.3, -0.25) is 4.79 Å². The zero-order valence-electron chi connectivity index (χ0n) is 16.0. The van der Waals surface area contributed by atoms with E-state index < -0.39 is 48.5 Å². The predicted octanol–water partition coefficient (Wildman–Crippen LogP) is 0.0499. The molecule has 10 heteroatoms. The minimum atomic E-state index is -1.65. The number of ether oxygens (including phenoxy) is 2. The monoisotopic (exact) mass is 432 g/mol. The first kappa shape index (κ1) is 21.1. The average Bonchev–Trinajstić information content (AvgIpc) is 2.74. The lowest BCUT2D eigenvalue weighted by Crippen LogP contribution is -2.60.